The molecule has 0 radical (unpaired) electrons. The number of para-hydroxylation sites is 1. The monoisotopic (exact) mass is 250 g/mol. The number of oxazole rings is 1. The van der Waals surface area contributed by atoms with E-state index in [0.29, 0.717) is 10.6 Å². The second-order valence-electron chi connectivity index (χ2n) is 4.92. The summed E-state index contributed by atoms with van der Waals surface area (Å²) in [6.45, 7) is 4.25. The van der Waals surface area contributed by atoms with Crippen LogP contribution in [0.15, 0.2) is 22.6 Å². The standard InChI is InChI=1S/C13H15ClN2O/c1-13(5-7-15-8-6-13)12-16-10-4-2-3-9(14)11(10)17-12/h2-4,15H,5-8H2,1H3. The molecular weight excluding hydrogens is 236 g/mol. The number of benzene rings is 1. The molecule has 1 saturated heterocycles. The molecule has 1 aliphatic rings. The van der Waals surface area contributed by atoms with E-state index in [9.17, 15) is 0 Å². The van der Waals surface area contributed by atoms with Crippen molar-refractivity contribution >= 4 is 22.7 Å². The molecule has 1 aromatic carbocycles. The number of nitrogens with zero attached hydrogens (tertiary/aromatic N) is 1. The van der Waals surface area contributed by atoms with Gasteiger partial charge in [-0.15, -0.1) is 0 Å². The molecule has 3 nitrogen and oxygen atoms in total. The fraction of sp³-hybridized carbons (Fsp3) is 0.462. The maximum absolute atomic E-state index is 6.11. The van der Waals surface area contributed by atoms with E-state index in [-0.39, 0.29) is 5.41 Å². The Kier molecular flexibility index (Phi) is 2.60. The van der Waals surface area contributed by atoms with Crippen LogP contribution in [-0.4, -0.2) is 18.1 Å². The molecule has 2 heterocycles. The molecule has 1 aliphatic heterocycles. The largest absolute Gasteiger partial charge is 0.439 e. The number of piperidine rings is 1. The minimum Gasteiger partial charge on any atom is -0.439 e. The van der Waals surface area contributed by atoms with Gasteiger partial charge in [-0.2, -0.15) is 0 Å². The number of hydrogen-bond acceptors (Lipinski definition) is 3. The highest BCUT2D eigenvalue weighted by Gasteiger charge is 2.33. The lowest BCUT2D eigenvalue weighted by Crippen LogP contribution is -2.37. The van der Waals surface area contributed by atoms with E-state index in [1.807, 2.05) is 18.2 Å². The highest BCUT2D eigenvalue weighted by Crippen LogP contribution is 2.35. The summed E-state index contributed by atoms with van der Waals surface area (Å²) >= 11 is 6.11. The number of rotatable bonds is 1. The molecule has 0 amide bonds. The van der Waals surface area contributed by atoms with Gasteiger partial charge in [-0.1, -0.05) is 24.6 Å². The van der Waals surface area contributed by atoms with Crippen LogP contribution >= 0.6 is 11.6 Å². The number of fused-ring (bicyclic) bond motifs is 1. The lowest BCUT2D eigenvalue weighted by atomic mass is 9.81. The normalized spacial score (nSPS) is 19.6. The summed E-state index contributed by atoms with van der Waals surface area (Å²) in [6, 6.07) is 5.68. The molecule has 4 heteroatoms. The van der Waals surface area contributed by atoms with E-state index in [4.69, 9.17) is 16.0 Å². The number of hydrogen-bond donors (Lipinski definition) is 1. The number of aromatic nitrogens is 1. The second-order valence-corrected chi connectivity index (χ2v) is 5.32. The first kappa shape index (κ1) is 11.1. The summed E-state index contributed by atoms with van der Waals surface area (Å²) in [5.74, 6) is 0.821. The first-order valence-electron chi connectivity index (χ1n) is 5.95. The van der Waals surface area contributed by atoms with Crippen LogP contribution in [0.2, 0.25) is 5.02 Å². The Morgan fingerprint density at radius 2 is 2.12 bits per heavy atom. The van der Waals surface area contributed by atoms with Crippen molar-refractivity contribution in [2.45, 2.75) is 25.2 Å². The Hall–Kier alpha value is -1.06. The van der Waals surface area contributed by atoms with Crippen molar-refractivity contribution in [2.24, 2.45) is 0 Å². The third kappa shape index (κ3) is 1.83. The van der Waals surface area contributed by atoms with Crippen LogP contribution in [0, 0.1) is 0 Å². The average Bonchev–Trinajstić information content (AvgIpc) is 2.76. The van der Waals surface area contributed by atoms with E-state index < -0.39 is 0 Å². The maximum Gasteiger partial charge on any atom is 0.201 e. The molecule has 0 saturated carbocycles. The molecule has 3 rings (SSSR count). The molecular formula is C13H15ClN2O. The molecule has 0 bridgehead atoms. The van der Waals surface area contributed by atoms with Gasteiger partial charge >= 0.3 is 0 Å². The van der Waals surface area contributed by atoms with Crippen molar-refractivity contribution in [3.05, 3.63) is 29.1 Å². The Balaban J connectivity index is 2.08. The third-order valence-electron chi connectivity index (χ3n) is 3.59. The smallest absolute Gasteiger partial charge is 0.201 e. The molecule has 1 fully saturated rings. The Morgan fingerprint density at radius 3 is 2.82 bits per heavy atom. The van der Waals surface area contributed by atoms with Crippen LogP contribution in [0.4, 0.5) is 0 Å². The molecule has 17 heavy (non-hydrogen) atoms. The Bertz CT molecular complexity index is 543. The van der Waals surface area contributed by atoms with Gasteiger partial charge in [0.25, 0.3) is 0 Å². The zero-order valence-electron chi connectivity index (χ0n) is 9.79. The van der Waals surface area contributed by atoms with Gasteiger partial charge in [0.15, 0.2) is 5.58 Å². The van der Waals surface area contributed by atoms with E-state index >= 15 is 0 Å². The van der Waals surface area contributed by atoms with Gasteiger partial charge in [-0.3, -0.25) is 0 Å². The highest BCUT2D eigenvalue weighted by atomic mass is 35.5. The third-order valence-corrected chi connectivity index (χ3v) is 3.89. The van der Waals surface area contributed by atoms with E-state index in [1.165, 1.54) is 0 Å². The van der Waals surface area contributed by atoms with Crippen LogP contribution in [0.1, 0.15) is 25.7 Å². The topological polar surface area (TPSA) is 38.1 Å². The van der Waals surface area contributed by atoms with Gasteiger partial charge in [0.05, 0.1) is 5.02 Å². The van der Waals surface area contributed by atoms with Crippen molar-refractivity contribution in [1.82, 2.24) is 10.3 Å². The Morgan fingerprint density at radius 1 is 1.35 bits per heavy atom. The first-order chi connectivity index (χ1) is 8.19. The van der Waals surface area contributed by atoms with Crippen LogP contribution in [0.25, 0.3) is 11.1 Å². The zero-order valence-corrected chi connectivity index (χ0v) is 10.5. The molecule has 0 aliphatic carbocycles. The molecule has 2 aromatic rings. The van der Waals surface area contributed by atoms with Crippen molar-refractivity contribution in [3.8, 4) is 0 Å². The average molecular weight is 251 g/mol. The predicted molar refractivity (Wildman–Crippen MR) is 68.5 cm³/mol. The minimum atomic E-state index is 0.0353. The minimum absolute atomic E-state index is 0.0353. The van der Waals surface area contributed by atoms with Gasteiger partial charge in [0.2, 0.25) is 5.89 Å². The van der Waals surface area contributed by atoms with E-state index in [1.54, 1.807) is 0 Å². The SMILES string of the molecule is CC1(c2nc3cccc(Cl)c3o2)CCNCC1. The Labute approximate surface area is 105 Å². The van der Waals surface area contributed by atoms with Gasteiger partial charge in [-0.25, -0.2) is 4.98 Å². The second kappa shape index (κ2) is 4.00. The van der Waals surface area contributed by atoms with Crippen LogP contribution in [-0.2, 0) is 5.41 Å². The fourth-order valence-electron chi connectivity index (χ4n) is 2.37. The predicted octanol–water partition coefficient (Wildman–Crippen LogP) is 3.12. The molecule has 0 spiro atoms. The highest BCUT2D eigenvalue weighted by molar-refractivity contribution is 6.34. The summed E-state index contributed by atoms with van der Waals surface area (Å²) in [7, 11) is 0. The van der Waals surface area contributed by atoms with Crippen molar-refractivity contribution in [2.75, 3.05) is 13.1 Å². The molecule has 0 unspecified atom stereocenters. The summed E-state index contributed by atoms with van der Waals surface area (Å²) in [6.07, 6.45) is 2.11. The fourth-order valence-corrected chi connectivity index (χ4v) is 2.57. The van der Waals surface area contributed by atoms with Crippen molar-refractivity contribution < 1.29 is 4.42 Å². The summed E-state index contributed by atoms with van der Waals surface area (Å²) in [5, 5.41) is 4.00. The van der Waals surface area contributed by atoms with Crippen LogP contribution < -0.4 is 5.32 Å². The van der Waals surface area contributed by atoms with E-state index in [0.717, 1.165) is 37.3 Å². The van der Waals surface area contributed by atoms with Gasteiger partial charge in [0, 0.05) is 5.41 Å². The summed E-state index contributed by atoms with van der Waals surface area (Å²) in [4.78, 5) is 4.59. The molecule has 90 valence electrons. The number of nitrogens with one attached hydrogen (secondary N) is 1. The molecule has 1 aromatic heterocycles. The zero-order chi connectivity index (χ0) is 11.9. The van der Waals surface area contributed by atoms with Crippen LogP contribution in [0.3, 0.4) is 0 Å². The van der Waals surface area contributed by atoms with Gasteiger partial charge in [-0.05, 0) is 38.1 Å². The van der Waals surface area contributed by atoms with Crippen molar-refractivity contribution in [3.63, 3.8) is 0 Å². The lowest BCUT2D eigenvalue weighted by Gasteiger charge is -2.30. The first-order valence-corrected chi connectivity index (χ1v) is 6.33. The van der Waals surface area contributed by atoms with Gasteiger partial charge in [0.1, 0.15) is 5.52 Å². The lowest BCUT2D eigenvalue weighted by molar-refractivity contribution is 0.275. The van der Waals surface area contributed by atoms with E-state index in [2.05, 4.69) is 17.2 Å². The maximum atomic E-state index is 6.11. The van der Waals surface area contributed by atoms with Crippen LogP contribution in [0.5, 0.6) is 0 Å². The summed E-state index contributed by atoms with van der Waals surface area (Å²) < 4.78 is 5.87. The quantitative estimate of drug-likeness (QED) is 0.845. The molecule has 0 atom stereocenters. The number of halogens is 1. The summed E-state index contributed by atoms with van der Waals surface area (Å²) in [5.41, 5.74) is 1.60. The van der Waals surface area contributed by atoms with Gasteiger partial charge < -0.3 is 9.73 Å². The van der Waals surface area contributed by atoms with Crippen molar-refractivity contribution in [1.29, 1.82) is 0 Å². The molecule has 1 N–H and O–H groups in total.